The van der Waals surface area contributed by atoms with Gasteiger partial charge in [-0.1, -0.05) is 12.1 Å². The predicted molar refractivity (Wildman–Crippen MR) is 105 cm³/mol. The van der Waals surface area contributed by atoms with E-state index in [2.05, 4.69) is 9.97 Å². The van der Waals surface area contributed by atoms with Crippen LogP contribution in [0.4, 0.5) is 0 Å². The molecule has 0 bridgehead atoms. The third-order valence-corrected chi connectivity index (χ3v) is 4.31. The van der Waals surface area contributed by atoms with E-state index in [-0.39, 0.29) is 25.0 Å². The van der Waals surface area contributed by atoms with Crippen molar-refractivity contribution in [1.82, 2.24) is 14.5 Å². The number of hydrogen-bond donors (Lipinski definition) is 0. The molecular formula is C21H23N3O4. The molecule has 0 aliphatic carbocycles. The zero-order valence-corrected chi connectivity index (χ0v) is 16.2. The van der Waals surface area contributed by atoms with Gasteiger partial charge in [0.05, 0.1) is 6.04 Å². The van der Waals surface area contributed by atoms with Crippen LogP contribution in [0.25, 0.3) is 0 Å². The van der Waals surface area contributed by atoms with Gasteiger partial charge < -0.3 is 18.8 Å². The number of methoxy groups -OCH3 is 1. The van der Waals surface area contributed by atoms with Gasteiger partial charge in [-0.25, -0.2) is 9.97 Å². The summed E-state index contributed by atoms with van der Waals surface area (Å²) in [5.74, 6) is 1.78. The minimum absolute atomic E-state index is 0.129. The molecule has 1 atom stereocenters. The van der Waals surface area contributed by atoms with Crippen molar-refractivity contribution >= 4 is 0 Å². The first kappa shape index (κ1) is 19.6. The topological polar surface area (TPSA) is 75.5 Å². The minimum Gasteiger partial charge on any atom is -0.485 e. The highest BCUT2D eigenvalue weighted by Crippen LogP contribution is 2.22. The summed E-state index contributed by atoms with van der Waals surface area (Å²) in [7, 11) is 1.58. The van der Waals surface area contributed by atoms with E-state index in [0.717, 1.165) is 11.3 Å². The van der Waals surface area contributed by atoms with Crippen LogP contribution < -0.4 is 15.0 Å². The Hall–Kier alpha value is -3.19. The molecule has 0 N–H and O–H groups in total. The van der Waals surface area contributed by atoms with Crippen LogP contribution in [0.5, 0.6) is 11.5 Å². The molecule has 7 heteroatoms. The molecule has 3 aromatic rings. The van der Waals surface area contributed by atoms with Crippen molar-refractivity contribution in [3.63, 3.8) is 0 Å². The molecule has 1 unspecified atom stereocenters. The first-order valence-electron chi connectivity index (χ1n) is 8.92. The number of nitrogens with zero attached hydrogens (tertiary/aromatic N) is 3. The number of aryl methyl sites for hydroxylation is 1. The summed E-state index contributed by atoms with van der Waals surface area (Å²) < 4.78 is 17.7. The zero-order valence-electron chi connectivity index (χ0n) is 16.2. The molecule has 0 spiro atoms. The van der Waals surface area contributed by atoms with Gasteiger partial charge >= 0.3 is 0 Å². The van der Waals surface area contributed by atoms with Gasteiger partial charge in [-0.2, -0.15) is 0 Å². The number of hydrogen-bond acceptors (Lipinski definition) is 6. The summed E-state index contributed by atoms with van der Waals surface area (Å²) >= 11 is 0. The lowest BCUT2D eigenvalue weighted by Gasteiger charge is -2.19. The SMILES string of the molecule is COCOc1ccc(C(C)n2c(C)cc(OCc3ncccn3)cc2=O)cc1. The van der Waals surface area contributed by atoms with E-state index in [0.29, 0.717) is 17.3 Å². The third-order valence-electron chi connectivity index (χ3n) is 4.31. The molecule has 28 heavy (non-hydrogen) atoms. The van der Waals surface area contributed by atoms with Crippen LogP contribution >= 0.6 is 0 Å². The number of aromatic nitrogens is 3. The Morgan fingerprint density at radius 2 is 1.75 bits per heavy atom. The lowest BCUT2D eigenvalue weighted by molar-refractivity contribution is 0.0511. The summed E-state index contributed by atoms with van der Waals surface area (Å²) in [6, 6.07) is 12.6. The molecule has 0 radical (unpaired) electrons. The van der Waals surface area contributed by atoms with Gasteiger partial charge in [0, 0.05) is 31.3 Å². The Labute approximate surface area is 163 Å². The fraction of sp³-hybridized carbons (Fsp3) is 0.286. The van der Waals surface area contributed by atoms with Crippen molar-refractivity contribution in [3.8, 4) is 11.5 Å². The Kier molecular flexibility index (Phi) is 6.39. The van der Waals surface area contributed by atoms with Gasteiger partial charge in [0.25, 0.3) is 5.56 Å². The molecule has 2 heterocycles. The highest BCUT2D eigenvalue weighted by molar-refractivity contribution is 5.31. The molecule has 146 valence electrons. The van der Waals surface area contributed by atoms with Gasteiger partial charge in [0.1, 0.15) is 18.1 Å². The molecular weight excluding hydrogens is 358 g/mol. The number of pyridine rings is 1. The van der Waals surface area contributed by atoms with Crippen LogP contribution in [-0.2, 0) is 11.3 Å². The van der Waals surface area contributed by atoms with E-state index < -0.39 is 0 Å². The van der Waals surface area contributed by atoms with E-state index in [1.165, 1.54) is 6.07 Å². The predicted octanol–water partition coefficient (Wildman–Crippen LogP) is 3.12. The number of rotatable bonds is 8. The maximum atomic E-state index is 12.7. The largest absolute Gasteiger partial charge is 0.485 e. The zero-order chi connectivity index (χ0) is 19.9. The van der Waals surface area contributed by atoms with Crippen molar-refractivity contribution in [2.75, 3.05) is 13.9 Å². The van der Waals surface area contributed by atoms with Crippen LogP contribution in [-0.4, -0.2) is 28.4 Å². The average molecular weight is 381 g/mol. The van der Waals surface area contributed by atoms with Gasteiger partial charge in [-0.15, -0.1) is 0 Å². The maximum Gasteiger partial charge on any atom is 0.254 e. The summed E-state index contributed by atoms with van der Waals surface area (Å²) in [5.41, 5.74) is 1.68. The quantitative estimate of drug-likeness (QED) is 0.558. The Bertz CT molecular complexity index is 956. The minimum atomic E-state index is -0.129. The summed E-state index contributed by atoms with van der Waals surface area (Å²) in [6.07, 6.45) is 3.31. The monoisotopic (exact) mass is 381 g/mol. The van der Waals surface area contributed by atoms with Crippen LogP contribution in [0, 0.1) is 6.92 Å². The third kappa shape index (κ3) is 4.75. The number of benzene rings is 1. The van der Waals surface area contributed by atoms with E-state index in [1.54, 1.807) is 30.1 Å². The van der Waals surface area contributed by atoms with Crippen molar-refractivity contribution in [1.29, 1.82) is 0 Å². The van der Waals surface area contributed by atoms with Crippen LogP contribution in [0.3, 0.4) is 0 Å². The van der Waals surface area contributed by atoms with Crippen LogP contribution in [0.1, 0.15) is 30.0 Å². The smallest absolute Gasteiger partial charge is 0.254 e. The molecule has 3 rings (SSSR count). The van der Waals surface area contributed by atoms with Gasteiger partial charge in [-0.3, -0.25) is 4.79 Å². The molecule has 7 nitrogen and oxygen atoms in total. The van der Waals surface area contributed by atoms with Crippen molar-refractivity contribution in [2.24, 2.45) is 0 Å². The summed E-state index contributed by atoms with van der Waals surface area (Å²) in [6.45, 7) is 4.28. The second kappa shape index (κ2) is 9.14. The molecule has 0 saturated heterocycles. The van der Waals surface area contributed by atoms with E-state index in [4.69, 9.17) is 14.2 Å². The summed E-state index contributed by atoms with van der Waals surface area (Å²) in [5, 5.41) is 0. The van der Waals surface area contributed by atoms with E-state index in [1.807, 2.05) is 44.2 Å². The van der Waals surface area contributed by atoms with Gasteiger partial charge in [0.2, 0.25) is 0 Å². The lowest BCUT2D eigenvalue weighted by Crippen LogP contribution is -2.25. The fourth-order valence-corrected chi connectivity index (χ4v) is 2.93. The first-order valence-corrected chi connectivity index (χ1v) is 8.92. The molecule has 0 saturated carbocycles. The Morgan fingerprint density at radius 1 is 1.04 bits per heavy atom. The Morgan fingerprint density at radius 3 is 2.39 bits per heavy atom. The molecule has 0 aliphatic heterocycles. The van der Waals surface area contributed by atoms with Gasteiger partial charge in [0.15, 0.2) is 12.6 Å². The van der Waals surface area contributed by atoms with Crippen molar-refractivity contribution in [3.05, 3.63) is 82.3 Å². The molecule has 0 aliphatic rings. The highest BCUT2D eigenvalue weighted by Gasteiger charge is 2.14. The standard InChI is InChI=1S/C21H23N3O4/c1-15-11-19(27-13-20-22-9-4-10-23-20)12-21(25)24(15)16(2)17-5-7-18(8-6-17)28-14-26-3/h4-12,16H,13-14H2,1-3H3. The number of ether oxygens (including phenoxy) is 3. The fourth-order valence-electron chi connectivity index (χ4n) is 2.93. The summed E-state index contributed by atoms with van der Waals surface area (Å²) in [4.78, 5) is 20.9. The molecule has 0 amide bonds. The van der Waals surface area contributed by atoms with Crippen LogP contribution in [0.15, 0.2) is 59.7 Å². The normalized spacial score (nSPS) is 11.8. The maximum absolute atomic E-state index is 12.7. The first-order chi connectivity index (χ1) is 13.6. The second-order valence-corrected chi connectivity index (χ2v) is 6.29. The Balaban J connectivity index is 1.75. The lowest BCUT2D eigenvalue weighted by atomic mass is 10.1. The van der Waals surface area contributed by atoms with Gasteiger partial charge in [-0.05, 0) is 43.7 Å². The highest BCUT2D eigenvalue weighted by atomic mass is 16.7. The van der Waals surface area contributed by atoms with Crippen LogP contribution in [0.2, 0.25) is 0 Å². The second-order valence-electron chi connectivity index (χ2n) is 6.29. The molecule has 1 aromatic carbocycles. The van der Waals surface area contributed by atoms with Crippen molar-refractivity contribution in [2.45, 2.75) is 26.5 Å². The van der Waals surface area contributed by atoms with Crippen molar-refractivity contribution < 1.29 is 14.2 Å². The molecule has 0 fully saturated rings. The molecule has 2 aromatic heterocycles. The van der Waals surface area contributed by atoms with E-state index >= 15 is 0 Å². The van der Waals surface area contributed by atoms with E-state index in [9.17, 15) is 4.79 Å². The average Bonchev–Trinajstić information content (AvgIpc) is 2.71.